The number of fused-ring (bicyclic) bond motifs is 1. The van der Waals surface area contributed by atoms with Gasteiger partial charge in [-0.2, -0.15) is 0 Å². The minimum atomic E-state index is -0.149. The number of anilines is 2. The Labute approximate surface area is 144 Å². The molecule has 1 aromatic heterocycles. The molecule has 6 nitrogen and oxygen atoms in total. The van der Waals surface area contributed by atoms with E-state index in [0.29, 0.717) is 52.4 Å². The molecule has 1 heterocycles. The standard InChI is InChI=1S/C19H20N2O4/c1-24-16-8-3-6-13(18(16)20)17-11-15(23)12-5-2-7-14(19(12)25-17)21-9-4-10-22/h2-3,5-8,11,21-22H,4,9-10,20H2,1H3. The van der Waals surface area contributed by atoms with E-state index in [1.165, 1.54) is 13.2 Å². The summed E-state index contributed by atoms with van der Waals surface area (Å²) in [5.74, 6) is 0.903. The number of hydrogen-bond donors (Lipinski definition) is 3. The second-order valence-corrected chi connectivity index (χ2v) is 5.58. The van der Waals surface area contributed by atoms with Crippen LogP contribution in [0.15, 0.2) is 51.7 Å². The predicted molar refractivity (Wildman–Crippen MR) is 99.1 cm³/mol. The lowest BCUT2D eigenvalue weighted by Crippen LogP contribution is -2.07. The molecule has 0 aliphatic carbocycles. The SMILES string of the molecule is COc1cccc(-c2cc(=O)c3cccc(NCCCO)c3o2)c1N. The number of rotatable bonds is 6. The van der Waals surface area contributed by atoms with Crippen LogP contribution in [0.1, 0.15) is 6.42 Å². The molecule has 0 saturated carbocycles. The fourth-order valence-corrected chi connectivity index (χ4v) is 2.69. The number of methoxy groups -OCH3 is 1. The summed E-state index contributed by atoms with van der Waals surface area (Å²) in [6, 6.07) is 12.1. The number of hydrogen-bond acceptors (Lipinski definition) is 6. The Kier molecular flexibility index (Phi) is 4.90. The summed E-state index contributed by atoms with van der Waals surface area (Å²) in [5, 5.41) is 12.6. The Morgan fingerprint density at radius 2 is 2.04 bits per heavy atom. The van der Waals surface area contributed by atoms with Crippen molar-refractivity contribution < 1.29 is 14.3 Å². The van der Waals surface area contributed by atoms with Crippen LogP contribution < -0.4 is 21.2 Å². The summed E-state index contributed by atoms with van der Waals surface area (Å²) in [6.07, 6.45) is 0.600. The summed E-state index contributed by atoms with van der Waals surface area (Å²) in [6.45, 7) is 0.665. The van der Waals surface area contributed by atoms with Gasteiger partial charge < -0.3 is 25.3 Å². The lowest BCUT2D eigenvalue weighted by molar-refractivity contribution is 0.292. The van der Waals surface area contributed by atoms with E-state index in [1.54, 1.807) is 30.3 Å². The zero-order valence-corrected chi connectivity index (χ0v) is 13.9. The molecule has 0 saturated heterocycles. The molecule has 4 N–H and O–H groups in total. The van der Waals surface area contributed by atoms with Crippen LogP contribution >= 0.6 is 0 Å². The van der Waals surface area contributed by atoms with E-state index in [1.807, 2.05) is 6.07 Å². The lowest BCUT2D eigenvalue weighted by atomic mass is 10.1. The molecule has 0 atom stereocenters. The molecular formula is C19H20N2O4. The molecular weight excluding hydrogens is 320 g/mol. The molecule has 0 aliphatic rings. The maximum atomic E-state index is 12.5. The van der Waals surface area contributed by atoms with Gasteiger partial charge in [0.15, 0.2) is 11.0 Å². The monoisotopic (exact) mass is 340 g/mol. The van der Waals surface area contributed by atoms with Crippen molar-refractivity contribution in [1.29, 1.82) is 0 Å². The molecule has 6 heteroatoms. The molecule has 0 bridgehead atoms. The Bertz CT molecular complexity index is 950. The van der Waals surface area contributed by atoms with Gasteiger partial charge in [0.2, 0.25) is 0 Å². The van der Waals surface area contributed by atoms with Crippen LogP contribution in [0.25, 0.3) is 22.3 Å². The Hall–Kier alpha value is -2.99. The summed E-state index contributed by atoms with van der Waals surface area (Å²) in [7, 11) is 1.54. The van der Waals surface area contributed by atoms with Crippen molar-refractivity contribution in [2.75, 3.05) is 31.3 Å². The maximum absolute atomic E-state index is 12.5. The summed E-state index contributed by atoms with van der Waals surface area (Å²) in [5.41, 5.74) is 8.16. The quantitative estimate of drug-likeness (QED) is 0.471. The Balaban J connectivity index is 2.15. The van der Waals surface area contributed by atoms with Gasteiger partial charge in [0.1, 0.15) is 11.5 Å². The van der Waals surface area contributed by atoms with Gasteiger partial charge in [0, 0.05) is 24.8 Å². The largest absolute Gasteiger partial charge is 0.495 e. The highest BCUT2D eigenvalue weighted by Gasteiger charge is 2.14. The van der Waals surface area contributed by atoms with Crippen molar-refractivity contribution in [3.8, 4) is 17.1 Å². The van der Waals surface area contributed by atoms with E-state index in [2.05, 4.69) is 5.32 Å². The third-order valence-electron chi connectivity index (χ3n) is 3.96. The van der Waals surface area contributed by atoms with Crippen LogP contribution in [0.2, 0.25) is 0 Å². The number of nitrogen functional groups attached to an aromatic ring is 1. The van der Waals surface area contributed by atoms with Crippen LogP contribution in [0.4, 0.5) is 11.4 Å². The number of nitrogens with two attached hydrogens (primary N) is 1. The molecule has 0 radical (unpaired) electrons. The minimum Gasteiger partial charge on any atom is -0.495 e. The van der Waals surface area contributed by atoms with Gasteiger partial charge in [0.25, 0.3) is 0 Å². The van der Waals surface area contributed by atoms with Crippen molar-refractivity contribution in [1.82, 2.24) is 0 Å². The molecule has 0 fully saturated rings. The van der Waals surface area contributed by atoms with Gasteiger partial charge in [-0.15, -0.1) is 0 Å². The van der Waals surface area contributed by atoms with Gasteiger partial charge in [-0.25, -0.2) is 0 Å². The number of aliphatic hydroxyl groups is 1. The topological polar surface area (TPSA) is 97.7 Å². The number of ether oxygens (including phenoxy) is 1. The summed E-state index contributed by atoms with van der Waals surface area (Å²) >= 11 is 0. The number of benzene rings is 2. The molecule has 3 rings (SSSR count). The van der Waals surface area contributed by atoms with Crippen molar-refractivity contribution in [3.05, 3.63) is 52.7 Å². The highest BCUT2D eigenvalue weighted by molar-refractivity contribution is 5.90. The van der Waals surface area contributed by atoms with Crippen LogP contribution in [-0.4, -0.2) is 25.4 Å². The first kappa shape index (κ1) is 16.9. The van der Waals surface area contributed by atoms with Crippen molar-refractivity contribution >= 4 is 22.3 Å². The van der Waals surface area contributed by atoms with Crippen LogP contribution in [-0.2, 0) is 0 Å². The predicted octanol–water partition coefficient (Wildman–Crippen LogP) is 2.85. The Morgan fingerprint density at radius 1 is 1.24 bits per heavy atom. The van der Waals surface area contributed by atoms with Crippen LogP contribution in [0, 0.1) is 0 Å². The third-order valence-corrected chi connectivity index (χ3v) is 3.96. The molecule has 0 spiro atoms. The molecule has 0 aliphatic heterocycles. The molecule has 0 amide bonds. The van der Waals surface area contributed by atoms with Gasteiger partial charge >= 0.3 is 0 Å². The van der Waals surface area contributed by atoms with Crippen molar-refractivity contribution in [2.45, 2.75) is 6.42 Å². The second-order valence-electron chi connectivity index (χ2n) is 5.58. The number of aliphatic hydroxyl groups excluding tert-OH is 1. The van der Waals surface area contributed by atoms with Crippen molar-refractivity contribution in [2.24, 2.45) is 0 Å². The van der Waals surface area contributed by atoms with Gasteiger partial charge in [-0.1, -0.05) is 12.1 Å². The van der Waals surface area contributed by atoms with Crippen molar-refractivity contribution in [3.63, 3.8) is 0 Å². The highest BCUT2D eigenvalue weighted by atomic mass is 16.5. The van der Waals surface area contributed by atoms with E-state index >= 15 is 0 Å². The first-order valence-electron chi connectivity index (χ1n) is 8.00. The fourth-order valence-electron chi connectivity index (χ4n) is 2.69. The molecule has 3 aromatic rings. The highest BCUT2D eigenvalue weighted by Crippen LogP contribution is 2.34. The zero-order chi connectivity index (χ0) is 17.8. The van der Waals surface area contributed by atoms with Gasteiger partial charge in [-0.05, 0) is 30.7 Å². The minimum absolute atomic E-state index is 0.0906. The van der Waals surface area contributed by atoms with Gasteiger partial charge in [0.05, 0.1) is 23.9 Å². The maximum Gasteiger partial charge on any atom is 0.193 e. The summed E-state index contributed by atoms with van der Waals surface area (Å²) < 4.78 is 11.2. The van der Waals surface area contributed by atoms with E-state index in [-0.39, 0.29) is 12.0 Å². The molecule has 2 aromatic carbocycles. The van der Waals surface area contributed by atoms with Gasteiger partial charge in [-0.3, -0.25) is 4.79 Å². The summed E-state index contributed by atoms with van der Waals surface area (Å²) in [4.78, 5) is 12.5. The fraction of sp³-hybridized carbons (Fsp3) is 0.211. The Morgan fingerprint density at radius 3 is 2.80 bits per heavy atom. The average molecular weight is 340 g/mol. The first-order valence-corrected chi connectivity index (χ1v) is 8.00. The molecule has 0 unspecified atom stereocenters. The molecule has 130 valence electrons. The third kappa shape index (κ3) is 3.29. The van der Waals surface area contributed by atoms with E-state index in [0.717, 1.165) is 0 Å². The van der Waals surface area contributed by atoms with Crippen LogP contribution in [0.5, 0.6) is 5.75 Å². The number of para-hydroxylation sites is 2. The molecule has 25 heavy (non-hydrogen) atoms. The lowest BCUT2D eigenvalue weighted by Gasteiger charge is -2.12. The smallest absolute Gasteiger partial charge is 0.193 e. The second kappa shape index (κ2) is 7.27. The average Bonchev–Trinajstić information content (AvgIpc) is 2.62. The number of nitrogens with one attached hydrogen (secondary N) is 1. The normalized spacial score (nSPS) is 10.8. The first-order chi connectivity index (χ1) is 12.2. The van der Waals surface area contributed by atoms with E-state index in [9.17, 15) is 4.79 Å². The zero-order valence-electron chi connectivity index (χ0n) is 13.9. The van der Waals surface area contributed by atoms with E-state index < -0.39 is 0 Å². The van der Waals surface area contributed by atoms with Crippen LogP contribution in [0.3, 0.4) is 0 Å². The van der Waals surface area contributed by atoms with E-state index in [4.69, 9.17) is 20.0 Å².